The summed E-state index contributed by atoms with van der Waals surface area (Å²) in [6, 6.07) is 12.0. The van der Waals surface area contributed by atoms with E-state index >= 15 is 0 Å². The molecule has 0 spiro atoms. The topological polar surface area (TPSA) is 63.2 Å². The second-order valence-corrected chi connectivity index (χ2v) is 7.85. The fourth-order valence-electron chi connectivity index (χ4n) is 3.61. The standard InChI is InChI=1S/C21H22FN3O2S/c1-2-27-18-9-4-3-6-14(18)20(26)23-15-7-5-8-16(15)24-21-25-17-11-10-13(22)12-19(17)28-21/h3-4,6,9-12,15-16H,2,5,7-8H2,1H3,(H,23,26)(H,24,25)/t15-,16-/m0/s1. The Kier molecular flexibility index (Phi) is 5.43. The Morgan fingerprint density at radius 2 is 2.07 bits per heavy atom. The average molecular weight is 399 g/mol. The van der Waals surface area contributed by atoms with Gasteiger partial charge in [0.05, 0.1) is 22.4 Å². The van der Waals surface area contributed by atoms with Gasteiger partial charge in [-0.25, -0.2) is 9.37 Å². The lowest BCUT2D eigenvalue weighted by Crippen LogP contribution is -2.43. The van der Waals surface area contributed by atoms with Crippen LogP contribution in [0.2, 0.25) is 0 Å². The second kappa shape index (κ2) is 8.14. The van der Waals surface area contributed by atoms with Gasteiger partial charge in [0.2, 0.25) is 0 Å². The summed E-state index contributed by atoms with van der Waals surface area (Å²) in [5.41, 5.74) is 1.32. The van der Waals surface area contributed by atoms with Crippen LogP contribution in [0.5, 0.6) is 5.75 Å². The summed E-state index contributed by atoms with van der Waals surface area (Å²) in [6.45, 7) is 2.41. The molecule has 1 aromatic heterocycles. The number of anilines is 1. The van der Waals surface area contributed by atoms with Crippen LogP contribution in [0.15, 0.2) is 42.5 Å². The number of fused-ring (bicyclic) bond motifs is 1. The molecule has 2 N–H and O–H groups in total. The lowest BCUT2D eigenvalue weighted by Gasteiger charge is -2.22. The summed E-state index contributed by atoms with van der Waals surface area (Å²) in [4.78, 5) is 17.3. The summed E-state index contributed by atoms with van der Waals surface area (Å²) in [5, 5.41) is 7.33. The van der Waals surface area contributed by atoms with E-state index in [-0.39, 0.29) is 23.8 Å². The third-order valence-electron chi connectivity index (χ3n) is 4.92. The van der Waals surface area contributed by atoms with E-state index in [1.54, 1.807) is 12.1 Å². The predicted molar refractivity (Wildman–Crippen MR) is 110 cm³/mol. The van der Waals surface area contributed by atoms with E-state index in [0.717, 1.165) is 34.6 Å². The highest BCUT2D eigenvalue weighted by Gasteiger charge is 2.30. The Bertz CT molecular complexity index is 991. The van der Waals surface area contributed by atoms with Gasteiger partial charge in [-0.2, -0.15) is 0 Å². The van der Waals surface area contributed by atoms with Crippen molar-refractivity contribution in [3.05, 3.63) is 53.8 Å². The molecule has 0 bridgehead atoms. The zero-order valence-corrected chi connectivity index (χ0v) is 16.4. The minimum absolute atomic E-state index is 0.00549. The van der Waals surface area contributed by atoms with Gasteiger partial charge in [0.1, 0.15) is 11.6 Å². The molecule has 28 heavy (non-hydrogen) atoms. The Hall–Kier alpha value is -2.67. The van der Waals surface area contributed by atoms with Crippen molar-refractivity contribution < 1.29 is 13.9 Å². The molecule has 7 heteroatoms. The van der Waals surface area contributed by atoms with Gasteiger partial charge in [0.15, 0.2) is 5.13 Å². The number of aromatic nitrogens is 1. The molecule has 5 nitrogen and oxygen atoms in total. The molecule has 146 valence electrons. The van der Waals surface area contributed by atoms with Crippen LogP contribution < -0.4 is 15.4 Å². The van der Waals surface area contributed by atoms with E-state index in [1.165, 1.54) is 23.5 Å². The number of halogens is 1. The van der Waals surface area contributed by atoms with Crippen LogP contribution in [0.3, 0.4) is 0 Å². The van der Waals surface area contributed by atoms with Crippen LogP contribution in [0, 0.1) is 5.82 Å². The first-order chi connectivity index (χ1) is 13.6. The van der Waals surface area contributed by atoms with E-state index in [2.05, 4.69) is 15.6 Å². The number of nitrogens with one attached hydrogen (secondary N) is 2. The zero-order chi connectivity index (χ0) is 19.5. The number of hydrogen-bond acceptors (Lipinski definition) is 5. The fraction of sp³-hybridized carbons (Fsp3) is 0.333. The first-order valence-corrected chi connectivity index (χ1v) is 10.3. The number of nitrogens with zero attached hydrogens (tertiary/aromatic N) is 1. The van der Waals surface area contributed by atoms with Gasteiger partial charge in [0, 0.05) is 12.1 Å². The van der Waals surface area contributed by atoms with Crippen molar-refractivity contribution in [2.45, 2.75) is 38.3 Å². The SMILES string of the molecule is CCOc1ccccc1C(=O)N[C@H]1CCC[C@@H]1Nc1nc2ccc(F)cc2s1. The van der Waals surface area contributed by atoms with Crippen molar-refractivity contribution in [2.75, 3.05) is 11.9 Å². The molecule has 1 amide bonds. The van der Waals surface area contributed by atoms with Crippen molar-refractivity contribution in [3.63, 3.8) is 0 Å². The van der Waals surface area contributed by atoms with E-state index in [4.69, 9.17) is 4.74 Å². The van der Waals surface area contributed by atoms with Gasteiger partial charge in [-0.1, -0.05) is 23.5 Å². The molecule has 1 aliphatic rings. The smallest absolute Gasteiger partial charge is 0.255 e. The molecule has 0 radical (unpaired) electrons. The predicted octanol–water partition coefficient (Wildman–Crippen LogP) is 4.60. The highest BCUT2D eigenvalue weighted by Crippen LogP contribution is 2.30. The molecule has 0 unspecified atom stereocenters. The molecule has 0 saturated heterocycles. The van der Waals surface area contributed by atoms with E-state index in [9.17, 15) is 9.18 Å². The summed E-state index contributed by atoms with van der Waals surface area (Å²) in [6.07, 6.45) is 2.87. The van der Waals surface area contributed by atoms with Gasteiger partial charge in [-0.05, 0) is 56.5 Å². The maximum Gasteiger partial charge on any atom is 0.255 e. The molecule has 2 aromatic carbocycles. The fourth-order valence-corrected chi connectivity index (χ4v) is 4.56. The lowest BCUT2D eigenvalue weighted by molar-refractivity contribution is 0.0932. The zero-order valence-electron chi connectivity index (χ0n) is 15.6. The molecular weight excluding hydrogens is 377 g/mol. The van der Waals surface area contributed by atoms with Gasteiger partial charge in [0.25, 0.3) is 5.91 Å². The number of carbonyl (C=O) groups is 1. The van der Waals surface area contributed by atoms with Crippen molar-refractivity contribution in [3.8, 4) is 5.75 Å². The number of rotatable bonds is 6. The van der Waals surface area contributed by atoms with Crippen LogP contribution in [0.25, 0.3) is 10.2 Å². The number of hydrogen-bond donors (Lipinski definition) is 2. The molecule has 3 aromatic rings. The monoisotopic (exact) mass is 399 g/mol. The van der Waals surface area contributed by atoms with Crippen LogP contribution in [-0.2, 0) is 0 Å². The summed E-state index contributed by atoms with van der Waals surface area (Å²) < 4.78 is 19.8. The van der Waals surface area contributed by atoms with E-state index in [1.807, 2.05) is 25.1 Å². The number of ether oxygens (including phenoxy) is 1. The Balaban J connectivity index is 1.46. The summed E-state index contributed by atoms with van der Waals surface area (Å²) >= 11 is 1.43. The number of thiazole rings is 1. The average Bonchev–Trinajstić information content (AvgIpc) is 3.28. The molecule has 1 aliphatic carbocycles. The maximum absolute atomic E-state index is 13.4. The minimum Gasteiger partial charge on any atom is -0.493 e. The van der Waals surface area contributed by atoms with Gasteiger partial charge < -0.3 is 15.4 Å². The first-order valence-electron chi connectivity index (χ1n) is 9.49. The van der Waals surface area contributed by atoms with Crippen molar-refractivity contribution in [1.29, 1.82) is 0 Å². The molecule has 4 rings (SSSR count). The van der Waals surface area contributed by atoms with Crippen LogP contribution in [-0.4, -0.2) is 29.6 Å². The quantitative estimate of drug-likeness (QED) is 0.636. The van der Waals surface area contributed by atoms with Crippen LogP contribution >= 0.6 is 11.3 Å². The second-order valence-electron chi connectivity index (χ2n) is 6.82. The minimum atomic E-state index is -0.262. The van der Waals surface area contributed by atoms with Crippen LogP contribution in [0.4, 0.5) is 9.52 Å². The van der Waals surface area contributed by atoms with E-state index in [0.29, 0.717) is 17.9 Å². The highest BCUT2D eigenvalue weighted by molar-refractivity contribution is 7.22. The van der Waals surface area contributed by atoms with Crippen molar-refractivity contribution in [1.82, 2.24) is 10.3 Å². The molecule has 2 atom stereocenters. The lowest BCUT2D eigenvalue weighted by atomic mass is 10.1. The van der Waals surface area contributed by atoms with Crippen molar-refractivity contribution >= 4 is 32.6 Å². The number of amides is 1. The number of carbonyl (C=O) groups excluding carboxylic acids is 1. The molecule has 1 heterocycles. The largest absolute Gasteiger partial charge is 0.493 e. The maximum atomic E-state index is 13.4. The van der Waals surface area contributed by atoms with E-state index < -0.39 is 0 Å². The molecular formula is C21H22FN3O2S. The van der Waals surface area contributed by atoms with Gasteiger partial charge >= 0.3 is 0 Å². The Morgan fingerprint density at radius 1 is 1.25 bits per heavy atom. The van der Waals surface area contributed by atoms with Crippen LogP contribution in [0.1, 0.15) is 36.5 Å². The van der Waals surface area contributed by atoms with Gasteiger partial charge in [-0.3, -0.25) is 4.79 Å². The molecule has 0 aliphatic heterocycles. The third-order valence-corrected chi connectivity index (χ3v) is 5.87. The highest BCUT2D eigenvalue weighted by atomic mass is 32.1. The normalized spacial score (nSPS) is 18.9. The third kappa shape index (κ3) is 3.94. The first kappa shape index (κ1) is 18.7. The molecule has 1 saturated carbocycles. The Morgan fingerprint density at radius 3 is 2.93 bits per heavy atom. The van der Waals surface area contributed by atoms with Crippen molar-refractivity contribution in [2.24, 2.45) is 0 Å². The number of para-hydroxylation sites is 1. The molecule has 1 fully saturated rings. The summed E-state index contributed by atoms with van der Waals surface area (Å²) in [5.74, 6) is 0.203. The van der Waals surface area contributed by atoms with Gasteiger partial charge in [-0.15, -0.1) is 0 Å². The summed E-state index contributed by atoms with van der Waals surface area (Å²) in [7, 11) is 0. The number of benzene rings is 2. The Labute approximate surface area is 166 Å².